The van der Waals surface area contributed by atoms with Gasteiger partial charge in [-0.1, -0.05) is 6.42 Å². The van der Waals surface area contributed by atoms with Crippen LogP contribution in [-0.2, 0) is 10.0 Å². The van der Waals surface area contributed by atoms with Gasteiger partial charge in [0.2, 0.25) is 10.0 Å². The van der Waals surface area contributed by atoms with E-state index in [0.717, 1.165) is 19.3 Å². The zero-order valence-electron chi connectivity index (χ0n) is 9.31. The molecule has 0 aromatic heterocycles. The Morgan fingerprint density at radius 1 is 1.33 bits per heavy atom. The smallest absolute Gasteiger partial charge is 0.226 e. The van der Waals surface area contributed by atoms with E-state index >= 15 is 0 Å². The van der Waals surface area contributed by atoms with Crippen molar-refractivity contribution >= 4 is 10.0 Å². The van der Waals surface area contributed by atoms with Crippen molar-refractivity contribution in [2.45, 2.75) is 45.2 Å². The largest absolute Gasteiger partial charge is 0.395 e. The van der Waals surface area contributed by atoms with Crippen LogP contribution in [0.3, 0.4) is 0 Å². The molecule has 0 aliphatic carbocycles. The Labute approximate surface area is 91.5 Å². The Morgan fingerprint density at radius 2 is 1.87 bits per heavy atom. The van der Waals surface area contributed by atoms with Gasteiger partial charge in [0.1, 0.15) is 0 Å². The molecule has 2 atom stereocenters. The zero-order chi connectivity index (χ0) is 11.5. The maximum Gasteiger partial charge on any atom is 0.226 e. The average Bonchev–Trinajstić information content (AvgIpc) is 2.11. The number of piperidine rings is 1. The SMILES string of the molecule is CC1CCCC(C)N1NS(=O)(=O)CCO. The molecule has 1 aliphatic rings. The van der Waals surface area contributed by atoms with Crippen molar-refractivity contribution < 1.29 is 13.5 Å². The van der Waals surface area contributed by atoms with Gasteiger partial charge < -0.3 is 5.11 Å². The summed E-state index contributed by atoms with van der Waals surface area (Å²) in [7, 11) is -3.37. The standard InChI is InChI=1S/C9H20N2O3S/c1-8-4-3-5-9(2)11(8)10-15(13,14)7-6-12/h8-10,12H,3-7H2,1-2H3. The summed E-state index contributed by atoms with van der Waals surface area (Å²) in [5.41, 5.74) is 0. The first kappa shape index (κ1) is 12.9. The van der Waals surface area contributed by atoms with Gasteiger partial charge in [-0.2, -0.15) is 0 Å². The summed E-state index contributed by atoms with van der Waals surface area (Å²) in [5, 5.41) is 10.4. The van der Waals surface area contributed by atoms with E-state index < -0.39 is 10.0 Å². The lowest BCUT2D eigenvalue weighted by molar-refractivity contribution is 0.0788. The second kappa shape index (κ2) is 5.25. The summed E-state index contributed by atoms with van der Waals surface area (Å²) >= 11 is 0. The van der Waals surface area contributed by atoms with Crippen LogP contribution in [0.5, 0.6) is 0 Å². The van der Waals surface area contributed by atoms with Crippen LogP contribution < -0.4 is 4.83 Å². The van der Waals surface area contributed by atoms with Crippen molar-refractivity contribution in [1.29, 1.82) is 0 Å². The summed E-state index contributed by atoms with van der Waals surface area (Å²) in [5.74, 6) is -0.233. The first-order chi connectivity index (χ1) is 6.96. The topological polar surface area (TPSA) is 69.6 Å². The van der Waals surface area contributed by atoms with Gasteiger partial charge in [-0.15, -0.1) is 4.83 Å². The maximum atomic E-state index is 11.5. The van der Waals surface area contributed by atoms with Crippen LogP contribution in [0.25, 0.3) is 0 Å². The van der Waals surface area contributed by atoms with E-state index in [2.05, 4.69) is 4.83 Å². The number of aliphatic hydroxyl groups is 1. The highest BCUT2D eigenvalue weighted by Gasteiger charge is 2.27. The number of hydrogen-bond acceptors (Lipinski definition) is 4. The molecule has 1 heterocycles. The minimum absolute atomic E-state index is 0.224. The highest BCUT2D eigenvalue weighted by atomic mass is 32.2. The van der Waals surface area contributed by atoms with E-state index in [-0.39, 0.29) is 24.4 Å². The first-order valence-electron chi connectivity index (χ1n) is 5.35. The minimum atomic E-state index is -3.37. The van der Waals surface area contributed by atoms with Crippen molar-refractivity contribution in [3.8, 4) is 0 Å². The molecule has 5 nitrogen and oxygen atoms in total. The second-order valence-corrected chi connectivity index (χ2v) is 5.99. The normalized spacial score (nSPS) is 29.3. The molecule has 2 unspecified atom stereocenters. The molecule has 0 aromatic rings. The first-order valence-corrected chi connectivity index (χ1v) is 7.01. The highest BCUT2D eigenvalue weighted by molar-refractivity contribution is 7.89. The predicted octanol–water partition coefficient (Wildman–Crippen LogP) is 0.0760. The Hall–Kier alpha value is -0.170. The Kier molecular flexibility index (Phi) is 4.51. The number of nitrogens with zero attached hydrogens (tertiary/aromatic N) is 1. The van der Waals surface area contributed by atoms with Gasteiger partial charge in [0, 0.05) is 12.1 Å². The van der Waals surface area contributed by atoms with Crippen LogP contribution in [0.2, 0.25) is 0 Å². The van der Waals surface area contributed by atoms with E-state index in [1.54, 1.807) is 5.01 Å². The van der Waals surface area contributed by atoms with Crippen LogP contribution >= 0.6 is 0 Å². The van der Waals surface area contributed by atoms with Crippen molar-refractivity contribution in [2.75, 3.05) is 12.4 Å². The molecule has 90 valence electrons. The number of aliphatic hydroxyl groups excluding tert-OH is 1. The van der Waals surface area contributed by atoms with Gasteiger partial charge in [-0.25, -0.2) is 13.4 Å². The van der Waals surface area contributed by atoms with E-state index in [4.69, 9.17) is 5.11 Å². The highest BCUT2D eigenvalue weighted by Crippen LogP contribution is 2.20. The van der Waals surface area contributed by atoms with Gasteiger partial charge in [0.15, 0.2) is 0 Å². The molecule has 0 radical (unpaired) electrons. The third-order valence-corrected chi connectivity index (χ3v) is 4.01. The molecule has 0 spiro atoms. The van der Waals surface area contributed by atoms with Crippen LogP contribution in [0, 0.1) is 0 Å². The molecule has 0 saturated carbocycles. The van der Waals surface area contributed by atoms with Crippen LogP contribution in [-0.4, -0.2) is 43.0 Å². The zero-order valence-corrected chi connectivity index (χ0v) is 10.1. The van der Waals surface area contributed by atoms with Gasteiger partial charge in [0.05, 0.1) is 12.4 Å². The lowest BCUT2D eigenvalue weighted by atomic mass is 10.0. The lowest BCUT2D eigenvalue weighted by Crippen LogP contribution is -2.54. The monoisotopic (exact) mass is 236 g/mol. The van der Waals surface area contributed by atoms with Gasteiger partial charge in [-0.05, 0) is 26.7 Å². The third-order valence-electron chi connectivity index (χ3n) is 2.80. The van der Waals surface area contributed by atoms with Crippen molar-refractivity contribution in [3.05, 3.63) is 0 Å². The number of hydrazine groups is 1. The second-order valence-electron chi connectivity index (χ2n) is 4.17. The molecule has 1 fully saturated rings. The fourth-order valence-electron chi connectivity index (χ4n) is 1.93. The van der Waals surface area contributed by atoms with Gasteiger partial charge in [-0.3, -0.25) is 0 Å². The summed E-state index contributed by atoms with van der Waals surface area (Å²) in [6, 6.07) is 0.449. The van der Waals surface area contributed by atoms with Gasteiger partial charge in [0.25, 0.3) is 0 Å². The van der Waals surface area contributed by atoms with Crippen LogP contribution in [0.4, 0.5) is 0 Å². The predicted molar refractivity (Wildman–Crippen MR) is 58.6 cm³/mol. The number of sulfonamides is 1. The molecule has 0 aromatic carbocycles. The van der Waals surface area contributed by atoms with Crippen LogP contribution in [0.1, 0.15) is 33.1 Å². The number of hydrogen-bond donors (Lipinski definition) is 2. The summed E-state index contributed by atoms with van der Waals surface area (Å²) in [6.07, 6.45) is 3.15. The molecular formula is C9H20N2O3S. The van der Waals surface area contributed by atoms with Crippen LogP contribution in [0.15, 0.2) is 0 Å². The Morgan fingerprint density at radius 3 is 2.33 bits per heavy atom. The number of nitrogens with one attached hydrogen (secondary N) is 1. The Bertz CT molecular complexity index is 282. The molecule has 0 bridgehead atoms. The maximum absolute atomic E-state index is 11.5. The Balaban J connectivity index is 2.62. The lowest BCUT2D eigenvalue weighted by Gasteiger charge is -2.38. The number of rotatable bonds is 4. The molecule has 1 rings (SSSR count). The fourth-order valence-corrected chi connectivity index (χ4v) is 2.94. The molecule has 2 N–H and O–H groups in total. The molecule has 6 heteroatoms. The third kappa shape index (κ3) is 3.71. The van der Waals surface area contributed by atoms with E-state index in [0.29, 0.717) is 0 Å². The van der Waals surface area contributed by atoms with E-state index in [9.17, 15) is 8.42 Å². The fraction of sp³-hybridized carbons (Fsp3) is 1.00. The summed E-state index contributed by atoms with van der Waals surface area (Å²) in [6.45, 7) is 3.68. The van der Waals surface area contributed by atoms with Crippen molar-refractivity contribution in [1.82, 2.24) is 9.84 Å². The summed E-state index contributed by atoms with van der Waals surface area (Å²) in [4.78, 5) is 2.54. The van der Waals surface area contributed by atoms with Crippen molar-refractivity contribution in [2.24, 2.45) is 0 Å². The minimum Gasteiger partial charge on any atom is -0.395 e. The molecule has 0 amide bonds. The summed E-state index contributed by atoms with van der Waals surface area (Å²) < 4.78 is 23.0. The van der Waals surface area contributed by atoms with Gasteiger partial charge >= 0.3 is 0 Å². The van der Waals surface area contributed by atoms with Crippen molar-refractivity contribution in [3.63, 3.8) is 0 Å². The molecule has 15 heavy (non-hydrogen) atoms. The van der Waals surface area contributed by atoms with E-state index in [1.165, 1.54) is 0 Å². The quantitative estimate of drug-likeness (QED) is 0.725. The molecule has 1 saturated heterocycles. The average molecular weight is 236 g/mol. The molecular weight excluding hydrogens is 216 g/mol. The molecule has 1 aliphatic heterocycles. The van der Waals surface area contributed by atoms with E-state index in [1.807, 2.05) is 13.8 Å².